The first-order valence-electron chi connectivity index (χ1n) is 19.2. The van der Waals surface area contributed by atoms with E-state index >= 15 is 0 Å². The van der Waals surface area contributed by atoms with Crippen LogP contribution in [0.5, 0.6) is 5.75 Å². The second kappa shape index (κ2) is 19.9. The predicted octanol–water partition coefficient (Wildman–Crippen LogP) is 1.98. The van der Waals surface area contributed by atoms with Gasteiger partial charge in [-0.2, -0.15) is 0 Å². The summed E-state index contributed by atoms with van der Waals surface area (Å²) in [5.41, 5.74) is 1.06. The van der Waals surface area contributed by atoms with Gasteiger partial charge in [0.1, 0.15) is 17.8 Å². The molecular weight excluding hydrogens is 710 g/mol. The number of benzene rings is 2. The van der Waals surface area contributed by atoms with E-state index in [-0.39, 0.29) is 37.6 Å². The van der Waals surface area contributed by atoms with Crippen LogP contribution in [0.3, 0.4) is 0 Å². The van der Waals surface area contributed by atoms with Crippen molar-refractivity contribution in [2.24, 2.45) is 5.92 Å². The molecule has 5 N–H and O–H groups in total. The highest BCUT2D eigenvalue weighted by molar-refractivity contribution is 6.38. The number of amides is 5. The molecule has 296 valence electrons. The number of hydrogen-bond acceptors (Lipinski definition) is 9. The lowest BCUT2D eigenvalue weighted by Crippen LogP contribution is -2.58. The largest absolute Gasteiger partial charge is 0.493 e. The summed E-state index contributed by atoms with van der Waals surface area (Å²) in [6.45, 7) is 1.86. The summed E-state index contributed by atoms with van der Waals surface area (Å²) in [5.74, 6) is -5.13. The number of nitrogens with one attached hydrogen (secondary N) is 4. The number of carbonyl (C=O) groups is 7. The van der Waals surface area contributed by atoms with Gasteiger partial charge >= 0.3 is 5.97 Å². The van der Waals surface area contributed by atoms with Gasteiger partial charge < -0.3 is 40.7 Å². The molecule has 1 unspecified atom stereocenters. The molecule has 15 heteroatoms. The number of fused-ring (bicyclic) bond motifs is 4. The van der Waals surface area contributed by atoms with Crippen LogP contribution in [-0.4, -0.2) is 102 Å². The molecular formula is C40H51N5O10. The molecule has 3 aliphatic rings. The van der Waals surface area contributed by atoms with Crippen LogP contribution in [0.25, 0.3) is 0 Å². The molecule has 0 spiro atoms. The number of carbonyl (C=O) groups excluding carboxylic acids is 6. The van der Waals surface area contributed by atoms with E-state index in [1.165, 1.54) is 17.0 Å². The first-order valence-corrected chi connectivity index (χ1v) is 19.2. The number of ether oxygens (including phenoxy) is 2. The number of aliphatic carboxylic acids is 1. The fraction of sp³-hybridized carbons (Fsp3) is 0.525. The van der Waals surface area contributed by atoms with Gasteiger partial charge in [0.2, 0.25) is 29.4 Å². The zero-order valence-corrected chi connectivity index (χ0v) is 31.1. The molecule has 15 nitrogen and oxygen atoms in total. The number of rotatable bonds is 12. The van der Waals surface area contributed by atoms with Gasteiger partial charge in [-0.3, -0.25) is 28.8 Å². The maximum Gasteiger partial charge on any atom is 0.330 e. The van der Waals surface area contributed by atoms with Gasteiger partial charge in [-0.15, -0.1) is 0 Å². The highest BCUT2D eigenvalue weighted by atomic mass is 16.5. The summed E-state index contributed by atoms with van der Waals surface area (Å²) >= 11 is 0. The van der Waals surface area contributed by atoms with Crippen molar-refractivity contribution in [1.82, 2.24) is 26.2 Å². The van der Waals surface area contributed by atoms with Gasteiger partial charge in [-0.1, -0.05) is 75.1 Å². The Labute approximate surface area is 320 Å². The second-order valence-electron chi connectivity index (χ2n) is 14.4. The monoisotopic (exact) mass is 761 g/mol. The van der Waals surface area contributed by atoms with E-state index in [2.05, 4.69) is 21.3 Å². The van der Waals surface area contributed by atoms with Crippen molar-refractivity contribution in [3.05, 3.63) is 65.7 Å². The lowest BCUT2D eigenvalue weighted by atomic mass is 9.83. The maximum atomic E-state index is 14.5. The second-order valence-corrected chi connectivity index (χ2v) is 14.4. The number of hydrogen-bond donors (Lipinski definition) is 5. The molecule has 5 rings (SSSR count). The highest BCUT2D eigenvalue weighted by Crippen LogP contribution is 2.30. The normalized spacial score (nSPS) is 22.0. The maximum absolute atomic E-state index is 14.5. The van der Waals surface area contributed by atoms with Crippen molar-refractivity contribution < 1.29 is 48.1 Å². The summed E-state index contributed by atoms with van der Waals surface area (Å²) in [7, 11) is 0. The Morgan fingerprint density at radius 3 is 2.44 bits per heavy atom. The molecule has 55 heavy (non-hydrogen) atoms. The van der Waals surface area contributed by atoms with Crippen LogP contribution in [0.2, 0.25) is 0 Å². The zero-order valence-electron chi connectivity index (χ0n) is 31.1. The molecule has 2 aliphatic heterocycles. The van der Waals surface area contributed by atoms with Crippen LogP contribution in [0.4, 0.5) is 0 Å². The van der Waals surface area contributed by atoms with Crippen LogP contribution in [-0.2, 0) is 44.7 Å². The van der Waals surface area contributed by atoms with Crippen LogP contribution < -0.4 is 26.0 Å². The van der Waals surface area contributed by atoms with Crippen molar-refractivity contribution in [3.63, 3.8) is 0 Å². The van der Waals surface area contributed by atoms with E-state index in [4.69, 9.17) is 9.47 Å². The van der Waals surface area contributed by atoms with E-state index < -0.39 is 72.2 Å². The topological polar surface area (TPSA) is 210 Å². The highest BCUT2D eigenvalue weighted by Gasteiger charge is 2.45. The summed E-state index contributed by atoms with van der Waals surface area (Å²) in [6, 6.07) is 10.7. The summed E-state index contributed by atoms with van der Waals surface area (Å²) < 4.78 is 12.0. The number of carboxylic acids is 1. The van der Waals surface area contributed by atoms with Crippen LogP contribution in [0.15, 0.2) is 54.6 Å². The van der Waals surface area contributed by atoms with Crippen LogP contribution in [0.1, 0.15) is 81.9 Å². The Bertz CT molecular complexity index is 1700. The molecule has 1 saturated heterocycles. The quantitative estimate of drug-likeness (QED) is 0.199. The van der Waals surface area contributed by atoms with E-state index in [1.54, 1.807) is 31.2 Å². The Kier molecular flexibility index (Phi) is 14.7. The van der Waals surface area contributed by atoms with Gasteiger partial charge in [-0.05, 0) is 48.4 Å². The third-order valence-electron chi connectivity index (χ3n) is 10.3. The Morgan fingerprint density at radius 2 is 1.71 bits per heavy atom. The van der Waals surface area contributed by atoms with Crippen molar-refractivity contribution in [2.75, 3.05) is 26.3 Å². The first kappa shape index (κ1) is 40.9. The smallest absolute Gasteiger partial charge is 0.330 e. The number of nitrogens with zero attached hydrogens (tertiary/aromatic N) is 1. The van der Waals surface area contributed by atoms with Crippen LogP contribution >= 0.6 is 0 Å². The molecule has 0 radical (unpaired) electrons. The van der Waals surface area contributed by atoms with Crippen molar-refractivity contribution in [2.45, 2.75) is 101 Å². The van der Waals surface area contributed by atoms with E-state index in [0.29, 0.717) is 37.4 Å². The molecule has 4 bridgehead atoms. The Balaban J connectivity index is 1.28. The predicted molar refractivity (Wildman–Crippen MR) is 198 cm³/mol. The van der Waals surface area contributed by atoms with E-state index in [9.17, 15) is 38.7 Å². The summed E-state index contributed by atoms with van der Waals surface area (Å²) in [5, 5.41) is 19.9. The van der Waals surface area contributed by atoms with Gasteiger partial charge in [0.15, 0.2) is 6.04 Å². The minimum absolute atomic E-state index is 0.0427. The minimum Gasteiger partial charge on any atom is -0.493 e. The number of Topliss-reactive ketones (excluding diaryl/α,β-unsaturated/α-hetero) is 1. The van der Waals surface area contributed by atoms with Crippen molar-refractivity contribution in [1.29, 1.82) is 0 Å². The van der Waals surface area contributed by atoms with Gasteiger partial charge in [0.05, 0.1) is 38.3 Å². The molecule has 2 fully saturated rings. The SMILES string of the molecule is CCC[C@H](NC(=O)C1C[C@@H]2CN1C(=O)[C@H](C1CCCCC1)NC(=O)Cc1cccc(c1)OCCCO2)C(=O)C(=O)NCC(=O)N[C@H](C(=O)O)c1ccccc1. The van der Waals surface area contributed by atoms with E-state index in [0.717, 1.165) is 37.7 Å². The number of carboxylic acid groups (broad SMARTS) is 1. The van der Waals surface area contributed by atoms with Gasteiger partial charge in [0.25, 0.3) is 5.91 Å². The summed E-state index contributed by atoms with van der Waals surface area (Å²) in [4.78, 5) is 94.2. The van der Waals surface area contributed by atoms with Crippen LogP contribution in [0, 0.1) is 5.92 Å². The van der Waals surface area contributed by atoms with Crippen molar-refractivity contribution in [3.8, 4) is 5.75 Å². The Morgan fingerprint density at radius 1 is 0.945 bits per heavy atom. The molecule has 2 aromatic carbocycles. The molecule has 2 heterocycles. The molecule has 0 aromatic heterocycles. The summed E-state index contributed by atoms with van der Waals surface area (Å²) in [6.07, 6.45) is 5.08. The Hall–Kier alpha value is -5.31. The van der Waals surface area contributed by atoms with Crippen molar-refractivity contribution >= 4 is 41.3 Å². The zero-order chi connectivity index (χ0) is 39.3. The third kappa shape index (κ3) is 11.4. The number of ketones is 1. The average Bonchev–Trinajstić information content (AvgIpc) is 3.62. The fourth-order valence-electron chi connectivity index (χ4n) is 7.47. The molecule has 2 aromatic rings. The standard InChI is InChI=1S/C40H51N5O10/c1-2-11-30(36(48)38(50)41-23-33(47)44-35(40(52)53)27-15-7-4-8-16-27)42-37(49)31-22-29-24-45(31)39(51)34(26-13-5-3-6-14-26)43-32(46)21-25-12-9-17-28(20-25)54-18-10-19-55-29/h4,7-9,12,15-17,20,26,29-31,34-35H,2-3,5-6,10-11,13-14,18-19,21-24H2,1H3,(H,41,50)(H,42,49)(H,43,46)(H,44,47)(H,52,53)/t29-,30+,31?,34+,35+/m1/s1. The lowest BCUT2D eigenvalue weighted by molar-refractivity contribution is -0.144. The average molecular weight is 762 g/mol. The fourth-order valence-corrected chi connectivity index (χ4v) is 7.47. The van der Waals surface area contributed by atoms with E-state index in [1.807, 2.05) is 18.2 Å². The minimum atomic E-state index is -1.37. The first-order chi connectivity index (χ1) is 26.5. The lowest BCUT2D eigenvalue weighted by Gasteiger charge is -2.35. The molecule has 5 atom stereocenters. The molecule has 1 saturated carbocycles. The third-order valence-corrected chi connectivity index (χ3v) is 10.3. The molecule has 1 aliphatic carbocycles. The van der Waals surface area contributed by atoms with Gasteiger partial charge in [0, 0.05) is 19.4 Å². The van der Waals surface area contributed by atoms with Gasteiger partial charge in [-0.25, -0.2) is 4.79 Å². The molecule has 5 amide bonds.